The Balaban J connectivity index is 1.72. The summed E-state index contributed by atoms with van der Waals surface area (Å²) in [4.78, 5) is 14.8. The number of fused-ring (bicyclic) bond motifs is 1. The third-order valence-corrected chi connectivity index (χ3v) is 5.16. The van der Waals surface area contributed by atoms with Crippen LogP contribution in [0.1, 0.15) is 22.7 Å². The van der Waals surface area contributed by atoms with E-state index < -0.39 is 0 Å². The Bertz CT molecular complexity index is 991. The summed E-state index contributed by atoms with van der Waals surface area (Å²) in [6.45, 7) is 0.550. The lowest BCUT2D eigenvalue weighted by Gasteiger charge is -2.38. The molecule has 27 heavy (non-hydrogen) atoms. The van der Waals surface area contributed by atoms with Gasteiger partial charge in [-0.15, -0.1) is 0 Å². The Morgan fingerprint density at radius 1 is 1.00 bits per heavy atom. The first-order valence-corrected chi connectivity index (χ1v) is 9.17. The number of anilines is 1. The topological polar surface area (TPSA) is 32.3 Å². The summed E-state index contributed by atoms with van der Waals surface area (Å²) in [5, 5.41) is 3.42. The quantitative estimate of drug-likeness (QED) is 0.611. The van der Waals surface area contributed by atoms with Gasteiger partial charge in [-0.25, -0.2) is 9.18 Å². The summed E-state index contributed by atoms with van der Waals surface area (Å²) < 4.78 is 13.5. The first-order valence-electron chi connectivity index (χ1n) is 8.79. The van der Waals surface area contributed by atoms with Crippen LogP contribution in [0.25, 0.3) is 0 Å². The van der Waals surface area contributed by atoms with Crippen LogP contribution in [0, 0.1) is 5.82 Å². The van der Waals surface area contributed by atoms with Crippen molar-refractivity contribution in [2.24, 2.45) is 0 Å². The molecular formula is C22H18ClFN2O. The number of halogens is 2. The number of carbonyl (C=O) groups is 1. The van der Waals surface area contributed by atoms with E-state index in [4.69, 9.17) is 11.6 Å². The molecule has 1 N–H and O–H groups in total. The van der Waals surface area contributed by atoms with Gasteiger partial charge in [0.05, 0.1) is 6.04 Å². The van der Waals surface area contributed by atoms with Crippen molar-refractivity contribution in [2.45, 2.75) is 12.5 Å². The smallest absolute Gasteiger partial charge is 0.313 e. The molecule has 1 aliphatic heterocycles. The minimum atomic E-state index is -0.389. The fourth-order valence-electron chi connectivity index (χ4n) is 3.58. The number of benzene rings is 3. The second-order valence-corrected chi connectivity index (χ2v) is 6.91. The zero-order valence-corrected chi connectivity index (χ0v) is 15.3. The number of urea groups is 1. The van der Waals surface area contributed by atoms with Gasteiger partial charge in [0, 0.05) is 17.3 Å². The highest BCUT2D eigenvalue weighted by atomic mass is 35.5. The molecule has 1 aliphatic rings. The summed E-state index contributed by atoms with van der Waals surface area (Å²) in [5.41, 5.74) is 3.57. The molecule has 5 heteroatoms. The van der Waals surface area contributed by atoms with E-state index in [2.05, 4.69) is 11.4 Å². The van der Waals surface area contributed by atoms with Crippen molar-refractivity contribution in [1.82, 2.24) is 4.90 Å². The predicted molar refractivity (Wildman–Crippen MR) is 106 cm³/mol. The maximum atomic E-state index is 13.5. The van der Waals surface area contributed by atoms with Gasteiger partial charge in [0.15, 0.2) is 0 Å². The van der Waals surface area contributed by atoms with Gasteiger partial charge in [-0.3, -0.25) is 0 Å². The molecule has 136 valence electrons. The van der Waals surface area contributed by atoms with Crippen molar-refractivity contribution < 1.29 is 9.18 Å². The molecule has 0 saturated heterocycles. The van der Waals surface area contributed by atoms with Crippen molar-refractivity contribution in [3.8, 4) is 0 Å². The summed E-state index contributed by atoms with van der Waals surface area (Å²) in [7, 11) is 0. The molecule has 4 rings (SSSR count). The molecule has 0 saturated carbocycles. The van der Waals surface area contributed by atoms with Crippen molar-refractivity contribution in [3.63, 3.8) is 0 Å². The Hall–Kier alpha value is -2.85. The number of hydrogen-bond donors (Lipinski definition) is 1. The van der Waals surface area contributed by atoms with Crippen LogP contribution in [-0.2, 0) is 6.42 Å². The zero-order chi connectivity index (χ0) is 18.8. The summed E-state index contributed by atoms with van der Waals surface area (Å²) in [6.07, 6.45) is 0.758. The molecule has 0 fully saturated rings. The van der Waals surface area contributed by atoms with Crippen molar-refractivity contribution >= 4 is 23.3 Å². The molecule has 3 aromatic rings. The largest absolute Gasteiger partial charge is 0.322 e. The predicted octanol–water partition coefficient (Wildman–Crippen LogP) is 5.66. The summed E-state index contributed by atoms with van der Waals surface area (Å²) in [6, 6.07) is 21.0. The Labute approximate surface area is 162 Å². The van der Waals surface area contributed by atoms with Crippen LogP contribution in [-0.4, -0.2) is 17.5 Å². The number of hydrogen-bond acceptors (Lipinski definition) is 1. The van der Waals surface area contributed by atoms with Crippen LogP contribution in [0.5, 0.6) is 0 Å². The highest BCUT2D eigenvalue weighted by Crippen LogP contribution is 2.38. The van der Waals surface area contributed by atoms with Gasteiger partial charge in [0.1, 0.15) is 5.82 Å². The maximum absolute atomic E-state index is 13.5. The molecule has 3 aromatic carbocycles. The lowest BCUT2D eigenvalue weighted by molar-refractivity contribution is 0.194. The third kappa shape index (κ3) is 3.53. The molecule has 1 heterocycles. The van der Waals surface area contributed by atoms with Gasteiger partial charge in [0.25, 0.3) is 0 Å². The average molecular weight is 381 g/mol. The van der Waals surface area contributed by atoms with E-state index in [0.717, 1.165) is 17.5 Å². The molecule has 2 amide bonds. The molecule has 0 radical (unpaired) electrons. The second kappa shape index (κ2) is 7.41. The normalized spacial score (nSPS) is 15.9. The number of nitrogens with one attached hydrogen (secondary N) is 1. The van der Waals surface area contributed by atoms with Crippen molar-refractivity contribution in [3.05, 3.63) is 100 Å². The van der Waals surface area contributed by atoms with E-state index in [-0.39, 0.29) is 17.9 Å². The fraction of sp³-hybridized carbons (Fsp3) is 0.136. The van der Waals surface area contributed by atoms with Gasteiger partial charge in [-0.05, 0) is 47.4 Å². The Kier molecular flexibility index (Phi) is 4.82. The van der Waals surface area contributed by atoms with Crippen LogP contribution in [0.4, 0.5) is 14.9 Å². The van der Waals surface area contributed by atoms with Crippen molar-refractivity contribution in [2.75, 3.05) is 11.9 Å². The number of rotatable bonds is 2. The average Bonchev–Trinajstić information content (AvgIpc) is 2.67. The van der Waals surface area contributed by atoms with Gasteiger partial charge in [0.2, 0.25) is 0 Å². The molecule has 0 unspecified atom stereocenters. The third-order valence-electron chi connectivity index (χ3n) is 4.82. The van der Waals surface area contributed by atoms with Gasteiger partial charge in [-0.2, -0.15) is 0 Å². The first kappa shape index (κ1) is 17.6. The second-order valence-electron chi connectivity index (χ2n) is 6.51. The number of carbonyl (C=O) groups excluding carboxylic acids is 1. The molecular weight excluding hydrogens is 363 g/mol. The van der Waals surface area contributed by atoms with Gasteiger partial charge < -0.3 is 10.2 Å². The van der Waals surface area contributed by atoms with E-state index in [1.54, 1.807) is 17.0 Å². The minimum Gasteiger partial charge on any atom is -0.313 e. The molecule has 1 atom stereocenters. The van der Waals surface area contributed by atoms with Crippen LogP contribution in [0.3, 0.4) is 0 Å². The van der Waals surface area contributed by atoms with E-state index in [0.29, 0.717) is 17.3 Å². The van der Waals surface area contributed by atoms with Crippen LogP contribution in [0.2, 0.25) is 5.02 Å². The monoisotopic (exact) mass is 380 g/mol. The first-order chi connectivity index (χ1) is 13.1. The van der Waals surface area contributed by atoms with E-state index in [9.17, 15) is 9.18 Å². The summed E-state index contributed by atoms with van der Waals surface area (Å²) in [5.74, 6) is -0.389. The minimum absolute atomic E-state index is 0.278. The van der Waals surface area contributed by atoms with E-state index in [1.807, 2.05) is 42.5 Å². The van der Waals surface area contributed by atoms with Crippen LogP contribution >= 0.6 is 11.6 Å². The van der Waals surface area contributed by atoms with Crippen molar-refractivity contribution in [1.29, 1.82) is 0 Å². The van der Waals surface area contributed by atoms with E-state index >= 15 is 0 Å². The SMILES string of the molecule is O=C(Nc1cccc(F)c1)N1CCc2ccccc2[C@H]1c1ccccc1Cl. The Morgan fingerprint density at radius 3 is 2.52 bits per heavy atom. The number of amides is 2. The molecule has 3 nitrogen and oxygen atoms in total. The van der Waals surface area contributed by atoms with Gasteiger partial charge >= 0.3 is 6.03 Å². The van der Waals surface area contributed by atoms with Crippen LogP contribution in [0.15, 0.2) is 72.8 Å². The zero-order valence-electron chi connectivity index (χ0n) is 14.5. The lowest BCUT2D eigenvalue weighted by Crippen LogP contribution is -2.43. The fourth-order valence-corrected chi connectivity index (χ4v) is 3.82. The highest BCUT2D eigenvalue weighted by molar-refractivity contribution is 6.31. The summed E-state index contributed by atoms with van der Waals surface area (Å²) >= 11 is 6.47. The maximum Gasteiger partial charge on any atom is 0.322 e. The standard InChI is InChI=1S/C22H18ClFN2O/c23-20-11-4-3-10-19(20)21-18-9-2-1-6-15(18)12-13-26(21)22(27)25-17-8-5-7-16(24)14-17/h1-11,14,21H,12-13H2,(H,25,27)/t21-/m0/s1. The molecule has 0 spiro atoms. The van der Waals surface area contributed by atoms with Gasteiger partial charge in [-0.1, -0.05) is 60.1 Å². The molecule has 0 bridgehead atoms. The highest BCUT2D eigenvalue weighted by Gasteiger charge is 2.33. The number of nitrogens with zero attached hydrogens (tertiary/aromatic N) is 1. The molecule has 0 aromatic heterocycles. The molecule has 0 aliphatic carbocycles. The van der Waals surface area contributed by atoms with Crippen LogP contribution < -0.4 is 5.32 Å². The van der Waals surface area contributed by atoms with E-state index in [1.165, 1.54) is 17.7 Å². The lowest BCUT2D eigenvalue weighted by atomic mass is 9.88. The Morgan fingerprint density at radius 2 is 1.74 bits per heavy atom.